The van der Waals surface area contributed by atoms with Crippen LogP contribution < -0.4 is 0 Å². The summed E-state index contributed by atoms with van der Waals surface area (Å²) >= 11 is 0. The molecule has 0 saturated heterocycles. The fourth-order valence-corrected chi connectivity index (χ4v) is 2.30. The van der Waals surface area contributed by atoms with Gasteiger partial charge in [-0.15, -0.1) is 0 Å². The Morgan fingerprint density at radius 3 is 2.67 bits per heavy atom. The standard InChI is InChI=1S/C15H19NO2/c1-9(2)11-4-5-14-12(7-11)13(8-16-14)10(3)6-15(17)18/h4-5,7-10,16H,6H2,1-3H3,(H,17,18). The monoisotopic (exact) mass is 245 g/mol. The lowest BCUT2D eigenvalue weighted by Gasteiger charge is -2.09. The Bertz CT molecular complexity index is 569. The SMILES string of the molecule is CC(C)c1ccc2[nH]cc(C(C)CC(=O)O)c2c1. The van der Waals surface area contributed by atoms with Crippen molar-refractivity contribution in [1.82, 2.24) is 4.98 Å². The molecular formula is C15H19NO2. The summed E-state index contributed by atoms with van der Waals surface area (Å²) in [4.78, 5) is 14.0. The summed E-state index contributed by atoms with van der Waals surface area (Å²) in [5.41, 5.74) is 3.45. The maximum Gasteiger partial charge on any atom is 0.303 e. The Morgan fingerprint density at radius 2 is 2.06 bits per heavy atom. The molecule has 18 heavy (non-hydrogen) atoms. The highest BCUT2D eigenvalue weighted by atomic mass is 16.4. The van der Waals surface area contributed by atoms with Gasteiger partial charge in [-0.3, -0.25) is 4.79 Å². The molecule has 2 rings (SSSR count). The van der Waals surface area contributed by atoms with Gasteiger partial charge in [0.25, 0.3) is 0 Å². The number of carbonyl (C=O) groups is 1. The van der Waals surface area contributed by atoms with Gasteiger partial charge >= 0.3 is 5.97 Å². The third-order valence-electron chi connectivity index (χ3n) is 3.42. The topological polar surface area (TPSA) is 53.1 Å². The number of rotatable bonds is 4. The van der Waals surface area contributed by atoms with Gasteiger partial charge in [0.2, 0.25) is 0 Å². The molecule has 1 aromatic heterocycles. The van der Waals surface area contributed by atoms with E-state index in [1.54, 1.807) is 0 Å². The zero-order chi connectivity index (χ0) is 13.3. The quantitative estimate of drug-likeness (QED) is 0.859. The third-order valence-corrected chi connectivity index (χ3v) is 3.42. The Hall–Kier alpha value is -1.77. The van der Waals surface area contributed by atoms with Crippen LogP contribution in [0.2, 0.25) is 0 Å². The van der Waals surface area contributed by atoms with Gasteiger partial charge in [-0.05, 0) is 35.1 Å². The maximum absolute atomic E-state index is 10.8. The second kappa shape index (κ2) is 4.84. The van der Waals surface area contributed by atoms with Crippen LogP contribution in [0.4, 0.5) is 0 Å². The van der Waals surface area contributed by atoms with E-state index in [4.69, 9.17) is 5.11 Å². The molecule has 2 aromatic rings. The maximum atomic E-state index is 10.8. The molecule has 0 amide bonds. The average molecular weight is 245 g/mol. The van der Waals surface area contributed by atoms with Gasteiger partial charge in [0.05, 0.1) is 6.42 Å². The first-order chi connectivity index (χ1) is 8.49. The highest BCUT2D eigenvalue weighted by Gasteiger charge is 2.15. The summed E-state index contributed by atoms with van der Waals surface area (Å²) in [6.45, 7) is 6.28. The normalized spacial score (nSPS) is 13.1. The average Bonchev–Trinajstić information content (AvgIpc) is 2.70. The van der Waals surface area contributed by atoms with E-state index >= 15 is 0 Å². The van der Waals surface area contributed by atoms with Crippen molar-refractivity contribution in [3.8, 4) is 0 Å². The van der Waals surface area contributed by atoms with Crippen molar-refractivity contribution in [3.63, 3.8) is 0 Å². The van der Waals surface area contributed by atoms with Crippen molar-refractivity contribution in [1.29, 1.82) is 0 Å². The minimum absolute atomic E-state index is 0.0265. The Balaban J connectivity index is 2.44. The number of hydrogen-bond donors (Lipinski definition) is 2. The Kier molecular flexibility index (Phi) is 3.41. The van der Waals surface area contributed by atoms with E-state index in [9.17, 15) is 4.79 Å². The zero-order valence-electron chi connectivity index (χ0n) is 11.0. The molecule has 3 nitrogen and oxygen atoms in total. The number of benzene rings is 1. The highest BCUT2D eigenvalue weighted by Crippen LogP contribution is 2.30. The number of aromatic amines is 1. The minimum atomic E-state index is -0.753. The predicted molar refractivity (Wildman–Crippen MR) is 73.1 cm³/mol. The third kappa shape index (κ3) is 2.40. The molecule has 96 valence electrons. The number of aliphatic carboxylic acids is 1. The van der Waals surface area contributed by atoms with Crippen LogP contribution in [0.5, 0.6) is 0 Å². The zero-order valence-corrected chi connectivity index (χ0v) is 11.0. The number of hydrogen-bond acceptors (Lipinski definition) is 1. The van der Waals surface area contributed by atoms with E-state index in [1.165, 1.54) is 5.56 Å². The summed E-state index contributed by atoms with van der Waals surface area (Å²) < 4.78 is 0. The summed E-state index contributed by atoms with van der Waals surface area (Å²) in [7, 11) is 0. The number of carboxylic acids is 1. The number of nitrogens with one attached hydrogen (secondary N) is 1. The van der Waals surface area contributed by atoms with Gasteiger partial charge in [0.15, 0.2) is 0 Å². The fourth-order valence-electron chi connectivity index (χ4n) is 2.30. The largest absolute Gasteiger partial charge is 0.481 e. The van der Waals surface area contributed by atoms with E-state index in [0.29, 0.717) is 5.92 Å². The molecule has 0 spiro atoms. The summed E-state index contributed by atoms with van der Waals surface area (Å²) in [6.07, 6.45) is 2.10. The van der Waals surface area contributed by atoms with Gasteiger partial charge in [-0.25, -0.2) is 0 Å². The van der Waals surface area contributed by atoms with Crippen molar-refractivity contribution in [2.24, 2.45) is 0 Å². The van der Waals surface area contributed by atoms with E-state index in [-0.39, 0.29) is 12.3 Å². The molecule has 0 aliphatic carbocycles. The molecule has 0 fully saturated rings. The molecule has 0 aliphatic rings. The number of H-pyrrole nitrogens is 1. The molecule has 3 heteroatoms. The van der Waals surface area contributed by atoms with Crippen molar-refractivity contribution in [3.05, 3.63) is 35.5 Å². The molecule has 0 aliphatic heterocycles. The van der Waals surface area contributed by atoms with E-state index in [1.807, 2.05) is 13.1 Å². The van der Waals surface area contributed by atoms with E-state index in [0.717, 1.165) is 16.5 Å². The van der Waals surface area contributed by atoms with Crippen LogP contribution in [-0.4, -0.2) is 16.1 Å². The molecule has 1 atom stereocenters. The van der Waals surface area contributed by atoms with Gasteiger partial charge in [-0.1, -0.05) is 26.8 Å². The van der Waals surface area contributed by atoms with Gasteiger partial charge in [-0.2, -0.15) is 0 Å². The second-order valence-electron chi connectivity index (χ2n) is 5.20. The molecule has 0 radical (unpaired) electrons. The summed E-state index contributed by atoms with van der Waals surface area (Å²) in [5, 5.41) is 10.0. The Morgan fingerprint density at radius 1 is 1.33 bits per heavy atom. The van der Waals surface area contributed by atoms with Crippen LogP contribution in [0.25, 0.3) is 10.9 Å². The first kappa shape index (κ1) is 12.7. The first-order valence-electron chi connectivity index (χ1n) is 6.31. The van der Waals surface area contributed by atoms with Gasteiger partial charge in [0, 0.05) is 17.1 Å². The predicted octanol–water partition coefficient (Wildman–Crippen LogP) is 3.87. The van der Waals surface area contributed by atoms with Crippen LogP contribution in [0.3, 0.4) is 0 Å². The lowest BCUT2D eigenvalue weighted by Crippen LogP contribution is -2.02. The number of fused-ring (bicyclic) bond motifs is 1. The van der Waals surface area contributed by atoms with E-state index in [2.05, 4.69) is 37.0 Å². The number of carboxylic acid groups (broad SMARTS) is 1. The highest BCUT2D eigenvalue weighted by molar-refractivity contribution is 5.85. The molecule has 0 bridgehead atoms. The second-order valence-corrected chi connectivity index (χ2v) is 5.20. The summed E-state index contributed by atoms with van der Waals surface area (Å²) in [5.74, 6) is -0.248. The minimum Gasteiger partial charge on any atom is -0.481 e. The smallest absolute Gasteiger partial charge is 0.303 e. The molecular weight excluding hydrogens is 226 g/mol. The first-order valence-corrected chi connectivity index (χ1v) is 6.31. The summed E-state index contributed by atoms with van der Waals surface area (Å²) in [6, 6.07) is 6.36. The van der Waals surface area contributed by atoms with Crippen LogP contribution in [-0.2, 0) is 4.79 Å². The van der Waals surface area contributed by atoms with Crippen LogP contribution >= 0.6 is 0 Å². The van der Waals surface area contributed by atoms with Crippen molar-refractivity contribution in [2.45, 2.75) is 39.0 Å². The fraction of sp³-hybridized carbons (Fsp3) is 0.400. The van der Waals surface area contributed by atoms with Gasteiger partial charge < -0.3 is 10.1 Å². The van der Waals surface area contributed by atoms with Crippen molar-refractivity contribution in [2.75, 3.05) is 0 Å². The molecule has 2 N–H and O–H groups in total. The van der Waals surface area contributed by atoms with Gasteiger partial charge in [0.1, 0.15) is 0 Å². The van der Waals surface area contributed by atoms with Crippen molar-refractivity contribution >= 4 is 16.9 Å². The number of aromatic nitrogens is 1. The van der Waals surface area contributed by atoms with Crippen LogP contribution in [0.15, 0.2) is 24.4 Å². The lowest BCUT2D eigenvalue weighted by atomic mass is 9.94. The van der Waals surface area contributed by atoms with Crippen LogP contribution in [0, 0.1) is 0 Å². The van der Waals surface area contributed by atoms with E-state index < -0.39 is 5.97 Å². The van der Waals surface area contributed by atoms with Crippen LogP contribution in [0.1, 0.15) is 50.2 Å². The molecule has 1 heterocycles. The Labute approximate surface area is 107 Å². The molecule has 1 unspecified atom stereocenters. The molecule has 1 aromatic carbocycles. The molecule has 0 saturated carbocycles. The lowest BCUT2D eigenvalue weighted by molar-refractivity contribution is -0.137. The van der Waals surface area contributed by atoms with Crippen molar-refractivity contribution < 1.29 is 9.90 Å².